The predicted octanol–water partition coefficient (Wildman–Crippen LogP) is 2.71. The Morgan fingerprint density at radius 1 is 1.50 bits per heavy atom. The smallest absolute Gasteiger partial charge is 0.0653 e. The van der Waals surface area contributed by atoms with Crippen LogP contribution in [0.5, 0.6) is 0 Å². The third-order valence-corrected chi connectivity index (χ3v) is 3.98. The number of benzene rings is 1. The number of hydrogen-bond acceptors (Lipinski definition) is 3. The molecule has 0 radical (unpaired) electrons. The van der Waals surface area contributed by atoms with Crippen LogP contribution >= 0.6 is 0 Å². The molecule has 20 heavy (non-hydrogen) atoms. The number of ether oxygens (including phenoxy) is 1. The van der Waals surface area contributed by atoms with E-state index < -0.39 is 0 Å². The minimum Gasteiger partial charge on any atom is -0.396 e. The summed E-state index contributed by atoms with van der Waals surface area (Å²) in [6.07, 6.45) is 4.58. The van der Waals surface area contributed by atoms with Crippen LogP contribution in [0.15, 0.2) is 35.8 Å². The van der Waals surface area contributed by atoms with Gasteiger partial charge in [-0.25, -0.2) is 0 Å². The quantitative estimate of drug-likeness (QED) is 0.810. The number of methoxy groups -OCH3 is 1. The highest BCUT2D eigenvalue weighted by atomic mass is 16.5. The van der Waals surface area contributed by atoms with Gasteiger partial charge >= 0.3 is 0 Å². The highest BCUT2D eigenvalue weighted by Gasteiger charge is 2.31. The van der Waals surface area contributed by atoms with Gasteiger partial charge in [0, 0.05) is 31.8 Å². The fourth-order valence-corrected chi connectivity index (χ4v) is 2.97. The monoisotopic (exact) mass is 273 g/mol. The molecule has 1 N–H and O–H groups in total. The molecule has 0 aromatic heterocycles. The van der Waals surface area contributed by atoms with E-state index in [1.54, 1.807) is 7.11 Å². The van der Waals surface area contributed by atoms with Crippen molar-refractivity contribution < 1.29 is 9.84 Å². The van der Waals surface area contributed by atoms with E-state index in [1.807, 2.05) is 12.3 Å². The van der Waals surface area contributed by atoms with Crippen LogP contribution in [0.25, 0.3) is 0 Å². The number of fused-ring (bicyclic) bond motifs is 1. The summed E-state index contributed by atoms with van der Waals surface area (Å²) in [7, 11) is 1.70. The molecule has 0 saturated heterocycles. The molecule has 1 aliphatic rings. The number of nitrogens with zero attached hydrogens (tertiary/aromatic N) is 1. The van der Waals surface area contributed by atoms with E-state index in [-0.39, 0.29) is 24.5 Å². The zero-order valence-electron chi connectivity index (χ0n) is 12.2. The van der Waals surface area contributed by atoms with Crippen LogP contribution < -0.4 is 0 Å². The second-order valence-corrected chi connectivity index (χ2v) is 5.37. The van der Waals surface area contributed by atoms with Crippen molar-refractivity contribution in [1.82, 2.24) is 0 Å². The van der Waals surface area contributed by atoms with Crippen molar-refractivity contribution in [1.29, 1.82) is 0 Å². The summed E-state index contributed by atoms with van der Waals surface area (Å²) in [5, 5.41) is 9.39. The summed E-state index contributed by atoms with van der Waals surface area (Å²) >= 11 is 0. The normalized spacial score (nSPS) is 22.4. The number of aliphatic imine (C=N–C) groups is 1. The van der Waals surface area contributed by atoms with Gasteiger partial charge in [-0.3, -0.25) is 4.99 Å². The lowest BCUT2D eigenvalue weighted by atomic mass is 9.78. The van der Waals surface area contributed by atoms with Gasteiger partial charge < -0.3 is 9.84 Å². The second kappa shape index (κ2) is 6.82. The minimum absolute atomic E-state index is 0.0924. The van der Waals surface area contributed by atoms with Crippen molar-refractivity contribution in [2.45, 2.75) is 25.3 Å². The van der Waals surface area contributed by atoms with E-state index in [4.69, 9.17) is 9.73 Å². The summed E-state index contributed by atoms with van der Waals surface area (Å²) in [5.74, 6) is 0.390. The molecule has 3 heteroatoms. The van der Waals surface area contributed by atoms with Crippen molar-refractivity contribution in [3.63, 3.8) is 0 Å². The Hall–Kier alpha value is -1.45. The van der Waals surface area contributed by atoms with Gasteiger partial charge in [0.25, 0.3) is 0 Å². The lowest BCUT2D eigenvalue weighted by Gasteiger charge is -2.33. The van der Waals surface area contributed by atoms with E-state index in [2.05, 4.69) is 31.7 Å². The van der Waals surface area contributed by atoms with E-state index in [0.29, 0.717) is 13.0 Å². The lowest BCUT2D eigenvalue weighted by molar-refractivity contribution is 0.149. The highest BCUT2D eigenvalue weighted by Crippen LogP contribution is 2.35. The summed E-state index contributed by atoms with van der Waals surface area (Å²) in [5.41, 5.74) is 3.67. The van der Waals surface area contributed by atoms with Crippen molar-refractivity contribution in [2.24, 2.45) is 10.9 Å². The Labute approximate surface area is 121 Å². The van der Waals surface area contributed by atoms with E-state index in [9.17, 15) is 5.11 Å². The maximum Gasteiger partial charge on any atom is 0.0653 e. The number of aryl methyl sites for hydroxylation is 1. The Balaban J connectivity index is 2.36. The van der Waals surface area contributed by atoms with Gasteiger partial charge in [0.1, 0.15) is 0 Å². The second-order valence-electron chi connectivity index (χ2n) is 5.37. The van der Waals surface area contributed by atoms with Crippen LogP contribution in [-0.2, 0) is 4.74 Å². The molecule has 1 aromatic carbocycles. The molecule has 108 valence electrons. The minimum atomic E-state index is 0.0924. The number of aliphatic hydroxyl groups is 1. The molecule has 0 fully saturated rings. The topological polar surface area (TPSA) is 41.8 Å². The Morgan fingerprint density at radius 3 is 2.95 bits per heavy atom. The number of rotatable bonds is 6. The van der Waals surface area contributed by atoms with Gasteiger partial charge in [-0.15, -0.1) is 6.58 Å². The van der Waals surface area contributed by atoms with Gasteiger partial charge in [-0.2, -0.15) is 0 Å². The Kier molecular flexibility index (Phi) is 5.10. The van der Waals surface area contributed by atoms with Gasteiger partial charge in [0.15, 0.2) is 0 Å². The van der Waals surface area contributed by atoms with Gasteiger partial charge in [-0.05, 0) is 24.5 Å². The lowest BCUT2D eigenvalue weighted by Crippen LogP contribution is -2.32. The fraction of sp³-hybridized carbons (Fsp3) is 0.471. The van der Waals surface area contributed by atoms with Gasteiger partial charge in [0.05, 0.1) is 12.6 Å². The summed E-state index contributed by atoms with van der Waals surface area (Å²) in [4.78, 5) is 4.71. The van der Waals surface area contributed by atoms with Crippen molar-refractivity contribution in [3.8, 4) is 0 Å². The molecule has 0 amide bonds. The largest absolute Gasteiger partial charge is 0.396 e. The number of hydrogen-bond donors (Lipinski definition) is 1. The van der Waals surface area contributed by atoms with Crippen LogP contribution in [0.1, 0.15) is 29.0 Å². The Morgan fingerprint density at radius 2 is 2.30 bits per heavy atom. The fourth-order valence-electron chi connectivity index (χ4n) is 2.97. The van der Waals surface area contributed by atoms with Gasteiger partial charge in [-0.1, -0.05) is 29.8 Å². The van der Waals surface area contributed by atoms with Crippen molar-refractivity contribution >= 4 is 6.21 Å². The molecule has 1 heterocycles. The van der Waals surface area contributed by atoms with Crippen LogP contribution in [0, 0.1) is 12.8 Å². The molecule has 0 aliphatic carbocycles. The average molecular weight is 273 g/mol. The molecular weight excluding hydrogens is 250 g/mol. The molecule has 3 nitrogen and oxygen atoms in total. The zero-order valence-corrected chi connectivity index (χ0v) is 12.2. The van der Waals surface area contributed by atoms with E-state index in [1.165, 1.54) is 16.7 Å². The first-order valence-electron chi connectivity index (χ1n) is 7.07. The molecule has 3 unspecified atom stereocenters. The summed E-state index contributed by atoms with van der Waals surface area (Å²) in [6, 6.07) is 6.53. The third-order valence-electron chi connectivity index (χ3n) is 3.98. The zero-order chi connectivity index (χ0) is 14.5. The predicted molar refractivity (Wildman–Crippen MR) is 82.6 cm³/mol. The van der Waals surface area contributed by atoms with Crippen LogP contribution in [0.4, 0.5) is 0 Å². The van der Waals surface area contributed by atoms with Crippen molar-refractivity contribution in [2.75, 3.05) is 20.3 Å². The molecule has 1 aromatic rings. The summed E-state index contributed by atoms with van der Waals surface area (Å²) in [6.45, 7) is 6.76. The molecule has 2 rings (SSSR count). The summed E-state index contributed by atoms with van der Waals surface area (Å²) < 4.78 is 5.27. The number of aliphatic hydroxyl groups excluding tert-OH is 1. The standard InChI is InChI=1S/C17H23NO2/c1-4-13(11-20-3)17-16(7-8-19)15-6-5-12(2)9-14(15)10-18-17/h4-6,9-10,13,16-17,19H,1,7-8,11H2,2-3H3. The highest BCUT2D eigenvalue weighted by molar-refractivity contribution is 5.84. The van der Waals surface area contributed by atoms with E-state index in [0.717, 1.165) is 0 Å². The maximum absolute atomic E-state index is 9.39. The maximum atomic E-state index is 9.39. The molecule has 0 saturated carbocycles. The molecule has 0 spiro atoms. The molecule has 3 atom stereocenters. The molecule has 1 aliphatic heterocycles. The van der Waals surface area contributed by atoms with Crippen LogP contribution in [0.3, 0.4) is 0 Å². The van der Waals surface area contributed by atoms with Crippen LogP contribution in [-0.4, -0.2) is 37.7 Å². The first kappa shape index (κ1) is 14.9. The first-order chi connectivity index (χ1) is 9.71. The SMILES string of the molecule is C=CC(COC)C1N=Cc2cc(C)ccc2C1CCO. The van der Waals surface area contributed by atoms with Crippen molar-refractivity contribution in [3.05, 3.63) is 47.5 Å². The molecular formula is C17H23NO2. The molecule has 0 bridgehead atoms. The van der Waals surface area contributed by atoms with Gasteiger partial charge in [0.2, 0.25) is 0 Å². The average Bonchev–Trinajstić information content (AvgIpc) is 2.45. The third kappa shape index (κ3) is 3.00. The van der Waals surface area contributed by atoms with E-state index >= 15 is 0 Å². The first-order valence-corrected chi connectivity index (χ1v) is 7.07. The van der Waals surface area contributed by atoms with Crippen LogP contribution in [0.2, 0.25) is 0 Å². The Bertz CT molecular complexity index is 496.